The number of thiophene rings is 1. The molecule has 29 heavy (non-hydrogen) atoms. The van der Waals surface area contributed by atoms with E-state index in [0.29, 0.717) is 17.4 Å². The van der Waals surface area contributed by atoms with Gasteiger partial charge in [0.15, 0.2) is 5.13 Å². The van der Waals surface area contributed by atoms with Crippen molar-refractivity contribution < 1.29 is 14.0 Å². The molecule has 0 saturated heterocycles. The highest BCUT2D eigenvalue weighted by molar-refractivity contribution is 7.14. The quantitative estimate of drug-likeness (QED) is 0.518. The van der Waals surface area contributed by atoms with E-state index in [4.69, 9.17) is 0 Å². The van der Waals surface area contributed by atoms with Gasteiger partial charge < -0.3 is 4.90 Å². The lowest BCUT2D eigenvalue weighted by atomic mass is 10.3. The van der Waals surface area contributed by atoms with Crippen molar-refractivity contribution in [3.8, 4) is 0 Å². The highest BCUT2D eigenvalue weighted by Gasteiger charge is 2.20. The van der Waals surface area contributed by atoms with Crippen molar-refractivity contribution in [2.45, 2.75) is 20.4 Å². The van der Waals surface area contributed by atoms with Crippen LogP contribution in [0.2, 0.25) is 0 Å². The summed E-state index contributed by atoms with van der Waals surface area (Å²) in [5.41, 5.74) is 1.84. The first-order chi connectivity index (χ1) is 13.9. The van der Waals surface area contributed by atoms with Crippen LogP contribution in [0.5, 0.6) is 0 Å². The number of carbonyl (C=O) groups excluding carboxylic acids is 2. The average molecular weight is 430 g/mol. The number of anilines is 2. The van der Waals surface area contributed by atoms with Crippen LogP contribution in [0.1, 0.15) is 23.1 Å². The third kappa shape index (κ3) is 4.96. The van der Waals surface area contributed by atoms with Gasteiger partial charge in [0, 0.05) is 30.3 Å². The Bertz CT molecular complexity index is 1060. The molecule has 8 heteroatoms. The summed E-state index contributed by atoms with van der Waals surface area (Å²) in [5, 5.41) is 4.07. The number of hydrogen-bond acceptors (Lipinski definition) is 5. The van der Waals surface area contributed by atoms with Crippen LogP contribution in [0, 0.1) is 12.7 Å². The Morgan fingerprint density at radius 2 is 1.97 bits per heavy atom. The van der Waals surface area contributed by atoms with E-state index in [0.717, 1.165) is 4.88 Å². The first-order valence-corrected chi connectivity index (χ1v) is 10.6. The summed E-state index contributed by atoms with van der Waals surface area (Å²) in [5.74, 6) is -0.998. The molecule has 3 rings (SSSR count). The smallest absolute Gasteiger partial charge is 0.246 e. The highest BCUT2D eigenvalue weighted by Crippen LogP contribution is 2.31. The molecule has 0 spiro atoms. The van der Waals surface area contributed by atoms with E-state index < -0.39 is 5.82 Å². The van der Waals surface area contributed by atoms with Crippen molar-refractivity contribution in [1.29, 1.82) is 0 Å². The molecule has 0 atom stereocenters. The molecule has 150 valence electrons. The maximum atomic E-state index is 14.1. The molecule has 0 unspecified atom stereocenters. The molecule has 1 aromatic carbocycles. The monoisotopic (exact) mass is 429 g/mol. The molecule has 3 aromatic rings. The summed E-state index contributed by atoms with van der Waals surface area (Å²) in [6.45, 7) is 3.92. The number of thiazole rings is 1. The van der Waals surface area contributed by atoms with Crippen LogP contribution in [0.3, 0.4) is 0 Å². The molecule has 0 radical (unpaired) electrons. The van der Waals surface area contributed by atoms with E-state index in [1.165, 1.54) is 46.9 Å². The minimum Gasteiger partial charge on any atom is -0.337 e. The Morgan fingerprint density at radius 1 is 1.21 bits per heavy atom. The first-order valence-electron chi connectivity index (χ1n) is 8.83. The van der Waals surface area contributed by atoms with Crippen LogP contribution in [-0.2, 0) is 16.1 Å². The molecule has 0 bridgehead atoms. The van der Waals surface area contributed by atoms with Gasteiger partial charge in [-0.2, -0.15) is 0 Å². The third-order valence-corrected chi connectivity index (χ3v) is 6.08. The van der Waals surface area contributed by atoms with Gasteiger partial charge in [-0.25, -0.2) is 9.37 Å². The molecule has 2 amide bonds. The fourth-order valence-corrected chi connectivity index (χ4v) is 4.45. The van der Waals surface area contributed by atoms with Gasteiger partial charge in [0.2, 0.25) is 11.8 Å². The van der Waals surface area contributed by atoms with Crippen LogP contribution < -0.4 is 4.90 Å². The normalized spacial score (nSPS) is 11.0. The predicted octanol–water partition coefficient (Wildman–Crippen LogP) is 5.01. The number of aromatic nitrogens is 1. The van der Waals surface area contributed by atoms with Gasteiger partial charge in [-0.15, -0.1) is 22.7 Å². The molecule has 2 heterocycles. The van der Waals surface area contributed by atoms with E-state index in [2.05, 4.69) is 4.98 Å². The lowest BCUT2D eigenvalue weighted by molar-refractivity contribution is -0.125. The van der Waals surface area contributed by atoms with Gasteiger partial charge in [0.25, 0.3) is 0 Å². The summed E-state index contributed by atoms with van der Waals surface area (Å²) >= 11 is 2.83. The zero-order valence-electron chi connectivity index (χ0n) is 16.3. The highest BCUT2D eigenvalue weighted by atomic mass is 32.1. The van der Waals surface area contributed by atoms with Crippen LogP contribution >= 0.6 is 22.7 Å². The summed E-state index contributed by atoms with van der Waals surface area (Å²) in [4.78, 5) is 32.8. The number of nitrogens with zero attached hydrogens (tertiary/aromatic N) is 3. The Balaban J connectivity index is 1.73. The molecule has 0 aliphatic rings. The average Bonchev–Trinajstić information content (AvgIpc) is 3.30. The molecule has 0 saturated carbocycles. The van der Waals surface area contributed by atoms with E-state index in [9.17, 15) is 14.0 Å². The standard InChI is InChI=1S/C21H20FN3O2S2/c1-14-10-11-28-19(14)12-24(3)20(27)9-8-16-13-29-21(23-16)25(15(2)26)18-7-5-4-6-17(18)22/h4-11,13H,12H2,1-3H3/b9-8+. The fourth-order valence-electron chi connectivity index (χ4n) is 2.64. The Labute approximate surface area is 176 Å². The van der Waals surface area contributed by atoms with E-state index in [1.54, 1.807) is 46.9 Å². The summed E-state index contributed by atoms with van der Waals surface area (Å²) < 4.78 is 14.1. The number of carbonyl (C=O) groups is 2. The lowest BCUT2D eigenvalue weighted by Crippen LogP contribution is -2.24. The first kappa shape index (κ1) is 20.9. The SMILES string of the molecule is CC(=O)N(c1nc(/C=C/C(=O)N(C)Cc2sccc2C)cs1)c1ccccc1F. The second-order valence-corrected chi connectivity index (χ2v) is 8.25. The molecule has 0 aliphatic carbocycles. The van der Waals surface area contributed by atoms with Crippen LogP contribution in [-0.4, -0.2) is 28.7 Å². The number of amides is 2. The fraction of sp³-hybridized carbons (Fsp3) is 0.190. The van der Waals surface area contributed by atoms with Gasteiger partial charge in [-0.05, 0) is 42.1 Å². The number of benzene rings is 1. The minimum absolute atomic E-state index is 0.145. The summed E-state index contributed by atoms with van der Waals surface area (Å²) in [7, 11) is 1.74. The number of halogens is 1. The van der Waals surface area contributed by atoms with Crippen molar-refractivity contribution in [2.24, 2.45) is 0 Å². The lowest BCUT2D eigenvalue weighted by Gasteiger charge is -2.18. The molecule has 5 nitrogen and oxygen atoms in total. The van der Waals surface area contributed by atoms with Crippen molar-refractivity contribution in [1.82, 2.24) is 9.88 Å². The molecular formula is C21H20FN3O2S2. The number of para-hydroxylation sites is 1. The number of likely N-dealkylation sites (N-methyl/N-ethyl adjacent to an activating group) is 1. The van der Waals surface area contributed by atoms with Crippen molar-refractivity contribution in [3.05, 3.63) is 69.1 Å². The van der Waals surface area contributed by atoms with Crippen LogP contribution in [0.15, 0.2) is 47.2 Å². The number of rotatable bonds is 6. The van der Waals surface area contributed by atoms with Crippen LogP contribution in [0.4, 0.5) is 15.2 Å². The molecular weight excluding hydrogens is 409 g/mol. The number of aryl methyl sites for hydroxylation is 1. The van der Waals surface area contributed by atoms with Gasteiger partial charge in [0.1, 0.15) is 5.82 Å². The topological polar surface area (TPSA) is 53.5 Å². The second-order valence-electron chi connectivity index (χ2n) is 6.42. The predicted molar refractivity (Wildman–Crippen MR) is 116 cm³/mol. The number of hydrogen-bond donors (Lipinski definition) is 0. The van der Waals surface area contributed by atoms with Crippen molar-refractivity contribution in [2.75, 3.05) is 11.9 Å². The zero-order valence-corrected chi connectivity index (χ0v) is 17.9. The van der Waals surface area contributed by atoms with Gasteiger partial charge in [0.05, 0.1) is 17.9 Å². The maximum absolute atomic E-state index is 14.1. The Hall–Kier alpha value is -2.84. The van der Waals surface area contributed by atoms with E-state index in [1.807, 2.05) is 18.4 Å². The molecule has 0 N–H and O–H groups in total. The Morgan fingerprint density at radius 3 is 2.62 bits per heavy atom. The maximum Gasteiger partial charge on any atom is 0.246 e. The van der Waals surface area contributed by atoms with E-state index >= 15 is 0 Å². The molecule has 2 aromatic heterocycles. The summed E-state index contributed by atoms with van der Waals surface area (Å²) in [6.07, 6.45) is 3.04. The summed E-state index contributed by atoms with van der Waals surface area (Å²) in [6, 6.07) is 8.07. The minimum atomic E-state index is -0.504. The van der Waals surface area contributed by atoms with Crippen molar-refractivity contribution >= 4 is 51.4 Å². The van der Waals surface area contributed by atoms with Gasteiger partial charge >= 0.3 is 0 Å². The van der Waals surface area contributed by atoms with E-state index in [-0.39, 0.29) is 17.5 Å². The second kappa shape index (κ2) is 9.11. The molecule has 0 fully saturated rings. The van der Waals surface area contributed by atoms with Gasteiger partial charge in [-0.3, -0.25) is 14.5 Å². The van der Waals surface area contributed by atoms with Crippen LogP contribution in [0.25, 0.3) is 6.08 Å². The molecule has 0 aliphatic heterocycles. The Kier molecular flexibility index (Phi) is 6.56. The largest absolute Gasteiger partial charge is 0.337 e. The van der Waals surface area contributed by atoms with Gasteiger partial charge in [-0.1, -0.05) is 12.1 Å². The third-order valence-electron chi connectivity index (χ3n) is 4.23. The van der Waals surface area contributed by atoms with Crippen molar-refractivity contribution in [3.63, 3.8) is 0 Å². The zero-order chi connectivity index (χ0) is 21.0.